The van der Waals surface area contributed by atoms with E-state index in [1.807, 2.05) is 0 Å². The fourth-order valence-corrected chi connectivity index (χ4v) is 1.42. The summed E-state index contributed by atoms with van der Waals surface area (Å²) in [7, 11) is 0. The number of thioether (sulfide) groups is 1. The Morgan fingerprint density at radius 2 is 1.86 bits per heavy atom. The van der Waals surface area contributed by atoms with Gasteiger partial charge in [0.25, 0.3) is 0 Å². The van der Waals surface area contributed by atoms with Crippen molar-refractivity contribution in [2.45, 2.75) is 18.3 Å². The van der Waals surface area contributed by atoms with Crippen LogP contribution in [0.1, 0.15) is 11.3 Å². The van der Waals surface area contributed by atoms with Gasteiger partial charge in [0.15, 0.2) is 10.9 Å². The lowest BCUT2D eigenvalue weighted by Crippen LogP contribution is -2.12. The van der Waals surface area contributed by atoms with E-state index in [9.17, 15) is 13.2 Å². The molecule has 0 saturated heterocycles. The molecular weight excluding hydrogens is 237 g/mol. The van der Waals surface area contributed by atoms with E-state index < -0.39 is 11.9 Å². The molecule has 0 atom stereocenters. The average molecular weight is 243 g/mol. The molecule has 0 spiro atoms. The van der Waals surface area contributed by atoms with Gasteiger partial charge in [0.05, 0.1) is 0 Å². The van der Waals surface area contributed by atoms with Crippen LogP contribution in [0.4, 0.5) is 13.2 Å². The van der Waals surface area contributed by atoms with Crippen LogP contribution in [0, 0.1) is 6.92 Å². The molecule has 0 aliphatic rings. The Morgan fingerprint density at radius 3 is 2.29 bits per heavy atom. The summed E-state index contributed by atoms with van der Waals surface area (Å²) in [6, 6.07) is 0. The van der Waals surface area contributed by atoms with Gasteiger partial charge in [0.1, 0.15) is 5.15 Å². The van der Waals surface area contributed by atoms with Crippen molar-refractivity contribution in [3.63, 3.8) is 0 Å². The zero-order chi connectivity index (χ0) is 10.9. The lowest BCUT2D eigenvalue weighted by Gasteiger charge is -2.10. The van der Waals surface area contributed by atoms with Crippen molar-refractivity contribution in [2.24, 2.45) is 0 Å². The molecule has 1 rings (SSSR count). The molecule has 2 nitrogen and oxygen atoms in total. The first-order chi connectivity index (χ1) is 6.36. The van der Waals surface area contributed by atoms with Crippen molar-refractivity contribution in [1.29, 1.82) is 0 Å². The number of hydrogen-bond donors (Lipinski definition) is 0. The van der Waals surface area contributed by atoms with Gasteiger partial charge in [-0.15, -0.1) is 0 Å². The van der Waals surface area contributed by atoms with Gasteiger partial charge in [-0.2, -0.15) is 13.2 Å². The SMILES string of the molecule is CSc1nc(Cl)c(C)c(C(F)(F)F)n1. The number of nitrogens with zero attached hydrogens (tertiary/aromatic N) is 2. The Hall–Kier alpha value is -0.490. The minimum atomic E-state index is -4.48. The highest BCUT2D eigenvalue weighted by molar-refractivity contribution is 7.98. The Morgan fingerprint density at radius 1 is 1.29 bits per heavy atom. The summed E-state index contributed by atoms with van der Waals surface area (Å²) in [5, 5.41) is -0.135. The quantitative estimate of drug-likeness (QED) is 0.430. The molecule has 14 heavy (non-hydrogen) atoms. The highest BCUT2D eigenvalue weighted by Gasteiger charge is 2.36. The summed E-state index contributed by atoms with van der Waals surface area (Å²) < 4.78 is 37.2. The molecule has 1 aromatic heterocycles. The summed E-state index contributed by atoms with van der Waals surface area (Å²) in [5.74, 6) is 0. The topological polar surface area (TPSA) is 25.8 Å². The summed E-state index contributed by atoms with van der Waals surface area (Å²) >= 11 is 6.55. The van der Waals surface area contributed by atoms with E-state index in [0.29, 0.717) is 0 Å². The Bertz CT molecular complexity index is 354. The molecule has 0 radical (unpaired) electrons. The molecule has 0 aliphatic carbocycles. The number of rotatable bonds is 1. The van der Waals surface area contributed by atoms with Crippen molar-refractivity contribution in [2.75, 3.05) is 6.26 Å². The van der Waals surface area contributed by atoms with Gasteiger partial charge < -0.3 is 0 Å². The van der Waals surface area contributed by atoms with Crippen LogP contribution in [0.2, 0.25) is 5.15 Å². The molecule has 0 N–H and O–H groups in total. The first-order valence-electron chi connectivity index (χ1n) is 3.51. The van der Waals surface area contributed by atoms with Crippen LogP contribution >= 0.6 is 23.4 Å². The van der Waals surface area contributed by atoms with E-state index in [-0.39, 0.29) is 15.9 Å². The van der Waals surface area contributed by atoms with Crippen LogP contribution < -0.4 is 0 Å². The lowest BCUT2D eigenvalue weighted by molar-refractivity contribution is -0.142. The minimum Gasteiger partial charge on any atom is -0.218 e. The maximum absolute atomic E-state index is 12.4. The number of hydrogen-bond acceptors (Lipinski definition) is 3. The third kappa shape index (κ3) is 2.30. The molecule has 1 heterocycles. The van der Waals surface area contributed by atoms with E-state index in [1.54, 1.807) is 6.26 Å². The van der Waals surface area contributed by atoms with Crippen LogP contribution in [-0.4, -0.2) is 16.2 Å². The van der Waals surface area contributed by atoms with Crippen molar-refractivity contribution in [1.82, 2.24) is 9.97 Å². The van der Waals surface area contributed by atoms with Crippen LogP contribution in [-0.2, 0) is 6.18 Å². The second-order valence-corrected chi connectivity index (χ2v) is 3.60. The zero-order valence-corrected chi connectivity index (χ0v) is 8.89. The molecule has 0 saturated carbocycles. The summed E-state index contributed by atoms with van der Waals surface area (Å²) in [5.41, 5.74) is -1.11. The Kier molecular flexibility index (Phi) is 3.26. The first-order valence-corrected chi connectivity index (χ1v) is 5.12. The Labute approximate surface area is 87.9 Å². The molecule has 0 unspecified atom stereocenters. The highest BCUT2D eigenvalue weighted by Crippen LogP contribution is 2.33. The fraction of sp³-hybridized carbons (Fsp3) is 0.429. The standard InChI is InChI=1S/C7H6ClF3N2S/c1-3-4(7(9,10)11)12-6(14-2)13-5(3)8/h1-2H3. The third-order valence-corrected chi connectivity index (χ3v) is 2.43. The predicted octanol–water partition coefficient (Wildman–Crippen LogP) is 3.18. The number of halogens is 4. The van der Waals surface area contributed by atoms with Crippen LogP contribution in [0.3, 0.4) is 0 Å². The Balaban J connectivity index is 3.35. The van der Waals surface area contributed by atoms with Crippen LogP contribution in [0.15, 0.2) is 5.16 Å². The van der Waals surface area contributed by atoms with Gasteiger partial charge in [0, 0.05) is 5.56 Å². The van der Waals surface area contributed by atoms with Crippen LogP contribution in [0.5, 0.6) is 0 Å². The summed E-state index contributed by atoms with van der Waals surface area (Å²) in [6.45, 7) is 1.25. The van der Waals surface area contributed by atoms with E-state index in [0.717, 1.165) is 11.8 Å². The molecule has 0 aromatic carbocycles. The first kappa shape index (κ1) is 11.6. The van der Waals surface area contributed by atoms with E-state index in [4.69, 9.17) is 11.6 Å². The normalized spacial score (nSPS) is 11.9. The summed E-state index contributed by atoms with van der Waals surface area (Å²) in [6.07, 6.45) is -2.90. The largest absolute Gasteiger partial charge is 0.433 e. The van der Waals surface area contributed by atoms with Gasteiger partial charge in [-0.1, -0.05) is 23.4 Å². The second-order valence-electron chi connectivity index (χ2n) is 2.47. The predicted molar refractivity (Wildman–Crippen MR) is 48.6 cm³/mol. The van der Waals surface area contributed by atoms with Crippen molar-refractivity contribution in [3.05, 3.63) is 16.4 Å². The summed E-state index contributed by atoms with van der Waals surface area (Å²) in [4.78, 5) is 7.05. The van der Waals surface area contributed by atoms with Crippen molar-refractivity contribution < 1.29 is 13.2 Å². The highest BCUT2D eigenvalue weighted by atomic mass is 35.5. The van der Waals surface area contributed by atoms with Gasteiger partial charge >= 0.3 is 6.18 Å². The van der Waals surface area contributed by atoms with E-state index in [1.165, 1.54) is 6.92 Å². The van der Waals surface area contributed by atoms with Gasteiger partial charge in [-0.05, 0) is 13.2 Å². The molecule has 1 aromatic rings. The molecule has 0 aliphatic heterocycles. The number of alkyl halides is 3. The zero-order valence-electron chi connectivity index (χ0n) is 7.31. The molecule has 0 bridgehead atoms. The lowest BCUT2D eigenvalue weighted by atomic mass is 10.2. The maximum Gasteiger partial charge on any atom is 0.433 e. The van der Waals surface area contributed by atoms with Crippen molar-refractivity contribution >= 4 is 23.4 Å². The van der Waals surface area contributed by atoms with Gasteiger partial charge in [-0.3, -0.25) is 0 Å². The minimum absolute atomic E-state index is 0.0212. The van der Waals surface area contributed by atoms with Crippen molar-refractivity contribution in [3.8, 4) is 0 Å². The monoisotopic (exact) mass is 242 g/mol. The van der Waals surface area contributed by atoms with E-state index in [2.05, 4.69) is 9.97 Å². The third-order valence-electron chi connectivity index (χ3n) is 1.52. The van der Waals surface area contributed by atoms with Gasteiger partial charge in [-0.25, -0.2) is 9.97 Å². The smallest absolute Gasteiger partial charge is 0.218 e. The van der Waals surface area contributed by atoms with E-state index >= 15 is 0 Å². The van der Waals surface area contributed by atoms with Gasteiger partial charge in [0.2, 0.25) is 0 Å². The molecule has 0 amide bonds. The fourth-order valence-electron chi connectivity index (χ4n) is 0.837. The second kappa shape index (κ2) is 3.94. The average Bonchev–Trinajstić information content (AvgIpc) is 2.07. The number of aromatic nitrogens is 2. The van der Waals surface area contributed by atoms with Crippen LogP contribution in [0.25, 0.3) is 0 Å². The molecular formula is C7H6ClF3N2S. The molecule has 0 fully saturated rings. The molecule has 7 heteroatoms. The molecule has 78 valence electrons. The maximum atomic E-state index is 12.4.